The molecule has 25 heavy (non-hydrogen) atoms. The van der Waals surface area contributed by atoms with Crippen molar-refractivity contribution < 1.29 is 9.53 Å². The molecule has 0 saturated carbocycles. The molecule has 0 bridgehead atoms. The van der Waals surface area contributed by atoms with Crippen molar-refractivity contribution in [2.75, 3.05) is 11.9 Å². The number of hydrogen-bond acceptors (Lipinski definition) is 2. The molecule has 0 aliphatic heterocycles. The van der Waals surface area contributed by atoms with Crippen molar-refractivity contribution in [1.29, 1.82) is 0 Å². The Labute approximate surface area is 156 Å². The third-order valence-electron chi connectivity index (χ3n) is 4.21. The fourth-order valence-corrected chi connectivity index (χ4v) is 3.14. The van der Waals surface area contributed by atoms with E-state index in [4.69, 9.17) is 4.74 Å². The van der Waals surface area contributed by atoms with Crippen LogP contribution in [0.2, 0.25) is 0 Å². The number of ketones is 1. The van der Waals surface area contributed by atoms with Crippen LogP contribution in [-0.4, -0.2) is 22.1 Å². The summed E-state index contributed by atoms with van der Waals surface area (Å²) in [6.07, 6.45) is 2.90. The van der Waals surface area contributed by atoms with Crippen LogP contribution < -0.4 is 4.74 Å². The number of alkyl halides is 1. The molecular weight excluding hydrogens is 378 g/mol. The molecule has 3 rings (SSSR count). The van der Waals surface area contributed by atoms with E-state index in [1.807, 2.05) is 53.1 Å². The predicted molar refractivity (Wildman–Crippen MR) is 105 cm³/mol. The van der Waals surface area contributed by atoms with Crippen molar-refractivity contribution >= 4 is 27.2 Å². The number of pyridine rings is 1. The predicted octanol–water partition coefficient (Wildman–Crippen LogP) is 5.46. The van der Waals surface area contributed by atoms with Crippen LogP contribution >= 0.6 is 15.9 Å². The lowest BCUT2D eigenvalue weighted by atomic mass is 9.98. The summed E-state index contributed by atoms with van der Waals surface area (Å²) < 4.78 is 7.64. The zero-order chi connectivity index (χ0) is 17.8. The van der Waals surface area contributed by atoms with Crippen LogP contribution in [0.1, 0.15) is 47.8 Å². The minimum Gasteiger partial charge on any atom is -0.494 e. The number of fused-ring (bicyclic) bond motifs is 1. The van der Waals surface area contributed by atoms with Crippen LogP contribution in [0.5, 0.6) is 5.75 Å². The molecule has 0 radical (unpaired) electrons. The first kappa shape index (κ1) is 17.7. The maximum Gasteiger partial charge on any atom is 0.210 e. The Kier molecular flexibility index (Phi) is 5.59. The number of nitrogens with zero attached hydrogens (tertiary/aromatic N) is 1. The third kappa shape index (κ3) is 3.79. The molecule has 130 valence electrons. The SMILES string of the molecule is CC(C)c1cc2ccccn2c1C(=O)c1ccc(OCCCBr)cc1. The van der Waals surface area contributed by atoms with Gasteiger partial charge in [0.15, 0.2) is 0 Å². The first-order valence-electron chi connectivity index (χ1n) is 8.55. The van der Waals surface area contributed by atoms with Gasteiger partial charge in [-0.3, -0.25) is 4.79 Å². The van der Waals surface area contributed by atoms with Gasteiger partial charge in [0.2, 0.25) is 5.78 Å². The van der Waals surface area contributed by atoms with Crippen molar-refractivity contribution in [3.8, 4) is 5.75 Å². The normalized spacial score (nSPS) is 11.2. The number of hydrogen-bond donors (Lipinski definition) is 0. The summed E-state index contributed by atoms with van der Waals surface area (Å²) in [6.45, 7) is 4.90. The number of carbonyl (C=O) groups excluding carboxylic acids is 1. The summed E-state index contributed by atoms with van der Waals surface area (Å²) in [4.78, 5) is 13.2. The molecule has 0 N–H and O–H groups in total. The van der Waals surface area contributed by atoms with E-state index in [2.05, 4.69) is 35.8 Å². The smallest absolute Gasteiger partial charge is 0.210 e. The fraction of sp³-hybridized carbons (Fsp3) is 0.286. The summed E-state index contributed by atoms with van der Waals surface area (Å²) in [5, 5.41) is 0.919. The molecule has 3 aromatic rings. The van der Waals surface area contributed by atoms with Crippen molar-refractivity contribution in [1.82, 2.24) is 4.40 Å². The lowest BCUT2D eigenvalue weighted by molar-refractivity contribution is 0.103. The first-order chi connectivity index (χ1) is 12.1. The van der Waals surface area contributed by atoms with Crippen LogP contribution in [0.15, 0.2) is 54.7 Å². The molecule has 0 saturated heterocycles. The van der Waals surface area contributed by atoms with Crippen LogP contribution in [0.3, 0.4) is 0 Å². The summed E-state index contributed by atoms with van der Waals surface area (Å²) in [6, 6.07) is 15.5. The monoisotopic (exact) mass is 399 g/mol. The highest BCUT2D eigenvalue weighted by Crippen LogP contribution is 2.27. The lowest BCUT2D eigenvalue weighted by Gasteiger charge is -2.10. The minimum atomic E-state index is 0.0434. The van der Waals surface area contributed by atoms with Crippen molar-refractivity contribution in [3.63, 3.8) is 0 Å². The Morgan fingerprint density at radius 3 is 2.60 bits per heavy atom. The first-order valence-corrected chi connectivity index (χ1v) is 9.67. The van der Waals surface area contributed by atoms with Gasteiger partial charge in [0.25, 0.3) is 0 Å². The lowest BCUT2D eigenvalue weighted by Crippen LogP contribution is -2.09. The van der Waals surface area contributed by atoms with Gasteiger partial charge in [-0.25, -0.2) is 0 Å². The summed E-state index contributed by atoms with van der Waals surface area (Å²) >= 11 is 3.39. The van der Waals surface area contributed by atoms with Crippen LogP contribution in [0.4, 0.5) is 0 Å². The molecule has 2 heterocycles. The average molecular weight is 400 g/mol. The van der Waals surface area contributed by atoms with E-state index in [1.165, 1.54) is 0 Å². The summed E-state index contributed by atoms with van der Waals surface area (Å²) in [7, 11) is 0. The summed E-state index contributed by atoms with van der Waals surface area (Å²) in [5.41, 5.74) is 3.55. The van der Waals surface area contributed by atoms with Crippen molar-refractivity contribution in [3.05, 3.63) is 71.5 Å². The van der Waals surface area contributed by atoms with Crippen LogP contribution in [-0.2, 0) is 0 Å². The number of rotatable bonds is 7. The molecule has 0 aliphatic carbocycles. The molecule has 0 fully saturated rings. The van der Waals surface area contributed by atoms with Crippen LogP contribution in [0.25, 0.3) is 5.52 Å². The second-order valence-corrected chi connectivity index (χ2v) is 7.14. The number of carbonyl (C=O) groups is 1. The molecule has 1 aromatic carbocycles. The number of benzene rings is 1. The number of halogens is 1. The Morgan fingerprint density at radius 1 is 1.16 bits per heavy atom. The maximum atomic E-state index is 13.2. The Morgan fingerprint density at radius 2 is 1.92 bits per heavy atom. The Balaban J connectivity index is 1.93. The highest BCUT2D eigenvalue weighted by Gasteiger charge is 2.20. The van der Waals surface area contributed by atoms with E-state index in [9.17, 15) is 4.79 Å². The molecule has 0 spiro atoms. The van der Waals surface area contributed by atoms with Gasteiger partial charge in [0.1, 0.15) is 5.75 Å². The molecule has 2 aromatic heterocycles. The molecule has 4 heteroatoms. The van der Waals surface area contributed by atoms with Crippen molar-refractivity contribution in [2.24, 2.45) is 0 Å². The highest BCUT2D eigenvalue weighted by atomic mass is 79.9. The fourth-order valence-electron chi connectivity index (χ4n) is 2.91. The van der Waals surface area contributed by atoms with E-state index in [0.29, 0.717) is 12.2 Å². The van der Waals surface area contributed by atoms with E-state index >= 15 is 0 Å². The molecule has 3 nitrogen and oxygen atoms in total. The van der Waals surface area contributed by atoms with E-state index in [-0.39, 0.29) is 11.7 Å². The standard InChI is InChI=1S/C21H22BrNO2/c1-15(2)19-14-17-6-3-4-12-23(17)20(19)21(24)16-7-9-18(10-8-16)25-13-5-11-22/h3-4,6-10,12,14-15H,5,11,13H2,1-2H3. The van der Waals surface area contributed by atoms with Crippen LogP contribution in [0, 0.1) is 0 Å². The van der Waals surface area contributed by atoms with E-state index in [1.54, 1.807) is 0 Å². The van der Waals surface area contributed by atoms with Gasteiger partial charge >= 0.3 is 0 Å². The molecule has 0 atom stereocenters. The Bertz CT molecular complexity index is 865. The molecular formula is C21H22BrNO2. The summed E-state index contributed by atoms with van der Waals surface area (Å²) in [5.74, 6) is 1.12. The topological polar surface area (TPSA) is 30.7 Å². The molecule has 0 unspecified atom stereocenters. The minimum absolute atomic E-state index is 0.0434. The average Bonchev–Trinajstić information content (AvgIpc) is 3.02. The molecule has 0 amide bonds. The number of ether oxygens (including phenoxy) is 1. The zero-order valence-electron chi connectivity index (χ0n) is 14.5. The quantitative estimate of drug-likeness (QED) is 0.300. The van der Waals surface area contributed by atoms with E-state index < -0.39 is 0 Å². The van der Waals surface area contributed by atoms with Gasteiger partial charge in [-0.1, -0.05) is 35.8 Å². The van der Waals surface area contributed by atoms with Crippen molar-refractivity contribution in [2.45, 2.75) is 26.2 Å². The third-order valence-corrected chi connectivity index (χ3v) is 4.77. The largest absolute Gasteiger partial charge is 0.494 e. The molecule has 0 aliphatic rings. The van der Waals surface area contributed by atoms with Gasteiger partial charge in [0.05, 0.1) is 12.3 Å². The van der Waals surface area contributed by atoms with E-state index in [0.717, 1.165) is 34.3 Å². The van der Waals surface area contributed by atoms with Gasteiger partial charge in [-0.15, -0.1) is 0 Å². The Hall–Kier alpha value is -2.07. The van der Waals surface area contributed by atoms with Gasteiger partial charge in [-0.2, -0.15) is 0 Å². The zero-order valence-corrected chi connectivity index (χ0v) is 16.1. The number of aromatic nitrogens is 1. The maximum absolute atomic E-state index is 13.2. The second kappa shape index (κ2) is 7.87. The van der Waals surface area contributed by atoms with Gasteiger partial charge < -0.3 is 9.14 Å². The highest BCUT2D eigenvalue weighted by molar-refractivity contribution is 9.09. The van der Waals surface area contributed by atoms with Gasteiger partial charge in [0, 0.05) is 22.6 Å². The van der Waals surface area contributed by atoms with Gasteiger partial charge in [-0.05, 0) is 60.4 Å². The second-order valence-electron chi connectivity index (χ2n) is 6.34.